The fraction of sp³-hybridized carbons (Fsp3) is 0.412. The number of likely N-dealkylation sites (tertiary alicyclic amines) is 1. The zero-order valence-corrected chi connectivity index (χ0v) is 12.8. The van der Waals surface area contributed by atoms with Gasteiger partial charge in [-0.15, -0.1) is 0 Å². The minimum Gasteiger partial charge on any atom is -0.461 e. The van der Waals surface area contributed by atoms with Crippen LogP contribution in [0.4, 0.5) is 4.79 Å². The second kappa shape index (κ2) is 5.01. The first-order chi connectivity index (χ1) is 11.0. The van der Waals surface area contributed by atoms with E-state index in [1.165, 1.54) is 0 Å². The van der Waals surface area contributed by atoms with E-state index in [-0.39, 0.29) is 12.5 Å². The highest BCUT2D eigenvalue weighted by Gasteiger charge is 2.45. The largest absolute Gasteiger partial charge is 0.509 e. The van der Waals surface area contributed by atoms with Gasteiger partial charge in [-0.25, -0.2) is 4.79 Å². The third-order valence-corrected chi connectivity index (χ3v) is 4.60. The second-order valence-corrected chi connectivity index (χ2v) is 6.23. The minimum atomic E-state index is -0.606. The number of piperidine rings is 1. The highest BCUT2D eigenvalue weighted by molar-refractivity contribution is 5.98. The van der Waals surface area contributed by atoms with Gasteiger partial charge in [0.25, 0.3) is 5.91 Å². The summed E-state index contributed by atoms with van der Waals surface area (Å²) in [5.74, 6) is 0.818. The van der Waals surface area contributed by atoms with Crippen LogP contribution in [0.3, 0.4) is 0 Å². The topological polar surface area (TPSA) is 69.0 Å². The molecule has 2 aliphatic rings. The smallest absolute Gasteiger partial charge is 0.461 e. The standard InChI is InChI=1S/C17H17NO5/c1-11-8-13-9-12(2-3-14(13)22-11)15(19)18-6-4-17(5-7-18)10-21-16(20)23-17/h2-3,8-9H,4-7,10H2,1H3. The molecule has 1 spiro atoms. The van der Waals surface area contributed by atoms with Crippen molar-refractivity contribution in [3.63, 3.8) is 0 Å². The van der Waals surface area contributed by atoms with Crippen molar-refractivity contribution in [1.82, 2.24) is 4.90 Å². The normalized spacial score (nSPS) is 19.9. The Morgan fingerprint density at radius 2 is 2.00 bits per heavy atom. The Balaban J connectivity index is 1.49. The Bertz CT molecular complexity index is 785. The molecule has 3 heterocycles. The van der Waals surface area contributed by atoms with Crippen LogP contribution in [0, 0.1) is 6.92 Å². The van der Waals surface area contributed by atoms with E-state index in [2.05, 4.69) is 0 Å². The van der Waals surface area contributed by atoms with Crippen molar-refractivity contribution in [2.24, 2.45) is 0 Å². The first-order valence-corrected chi connectivity index (χ1v) is 7.70. The number of cyclic esters (lactones) is 1. The van der Waals surface area contributed by atoms with Crippen LogP contribution in [0.2, 0.25) is 0 Å². The number of rotatable bonds is 1. The molecule has 4 rings (SSSR count). The molecule has 1 amide bonds. The monoisotopic (exact) mass is 315 g/mol. The van der Waals surface area contributed by atoms with Gasteiger partial charge in [0.1, 0.15) is 18.0 Å². The van der Waals surface area contributed by atoms with Crippen molar-refractivity contribution in [1.29, 1.82) is 0 Å². The fourth-order valence-corrected chi connectivity index (χ4v) is 3.28. The summed E-state index contributed by atoms with van der Waals surface area (Å²) in [6, 6.07) is 7.40. The number of carbonyl (C=O) groups is 2. The quantitative estimate of drug-likeness (QED) is 0.757. The van der Waals surface area contributed by atoms with E-state index in [0.29, 0.717) is 31.5 Å². The number of benzene rings is 1. The van der Waals surface area contributed by atoms with E-state index < -0.39 is 11.8 Å². The third-order valence-electron chi connectivity index (χ3n) is 4.60. The number of nitrogens with zero attached hydrogens (tertiary/aromatic N) is 1. The van der Waals surface area contributed by atoms with Gasteiger partial charge in [0.2, 0.25) is 0 Å². The van der Waals surface area contributed by atoms with Crippen molar-refractivity contribution in [3.05, 3.63) is 35.6 Å². The van der Waals surface area contributed by atoms with Crippen molar-refractivity contribution in [3.8, 4) is 0 Å². The van der Waals surface area contributed by atoms with E-state index in [1.807, 2.05) is 25.1 Å². The molecule has 0 atom stereocenters. The molecule has 2 aliphatic heterocycles. The molecule has 0 unspecified atom stereocenters. The molecule has 6 heteroatoms. The zero-order chi connectivity index (χ0) is 16.0. The lowest BCUT2D eigenvalue weighted by molar-refractivity contribution is 0.00282. The van der Waals surface area contributed by atoms with Crippen LogP contribution in [-0.4, -0.2) is 42.3 Å². The minimum absolute atomic E-state index is 0.00848. The molecular formula is C17H17NO5. The number of fused-ring (bicyclic) bond motifs is 1. The maximum Gasteiger partial charge on any atom is 0.509 e. The third kappa shape index (κ3) is 2.44. The first-order valence-electron chi connectivity index (χ1n) is 7.70. The maximum atomic E-state index is 12.7. The number of hydrogen-bond acceptors (Lipinski definition) is 5. The summed E-state index contributed by atoms with van der Waals surface area (Å²) in [5, 5.41) is 0.931. The molecule has 23 heavy (non-hydrogen) atoms. The average Bonchev–Trinajstić information content (AvgIpc) is 3.08. The average molecular weight is 315 g/mol. The van der Waals surface area contributed by atoms with Gasteiger partial charge in [0.05, 0.1) is 0 Å². The van der Waals surface area contributed by atoms with Crippen LogP contribution >= 0.6 is 0 Å². The Morgan fingerprint density at radius 3 is 2.70 bits per heavy atom. The molecule has 1 aromatic carbocycles. The van der Waals surface area contributed by atoms with Gasteiger partial charge in [-0.2, -0.15) is 0 Å². The number of ether oxygens (including phenoxy) is 2. The summed E-state index contributed by atoms with van der Waals surface area (Å²) in [4.78, 5) is 25.6. The Morgan fingerprint density at radius 1 is 1.22 bits per heavy atom. The molecule has 2 saturated heterocycles. The maximum absolute atomic E-state index is 12.7. The number of aryl methyl sites for hydroxylation is 1. The van der Waals surface area contributed by atoms with Crippen LogP contribution in [0.15, 0.2) is 28.7 Å². The molecule has 0 N–H and O–H groups in total. The van der Waals surface area contributed by atoms with Gasteiger partial charge in [-0.1, -0.05) is 0 Å². The number of furan rings is 1. The van der Waals surface area contributed by atoms with Crippen LogP contribution in [0.5, 0.6) is 0 Å². The summed E-state index contributed by atoms with van der Waals surface area (Å²) in [6.07, 6.45) is 0.611. The number of amides is 1. The Hall–Kier alpha value is -2.50. The van der Waals surface area contributed by atoms with Crippen LogP contribution in [0.25, 0.3) is 11.0 Å². The SMILES string of the molecule is Cc1cc2cc(C(=O)N3CCC4(CC3)COC(=O)O4)ccc2o1. The van der Waals surface area contributed by atoms with E-state index in [9.17, 15) is 9.59 Å². The summed E-state index contributed by atoms with van der Waals surface area (Å²) in [5.41, 5.74) is 0.889. The van der Waals surface area contributed by atoms with Crippen molar-refractivity contribution >= 4 is 23.0 Å². The van der Waals surface area contributed by atoms with Crippen LogP contribution in [0.1, 0.15) is 29.0 Å². The Kier molecular flexibility index (Phi) is 3.07. The Labute approximate surface area is 132 Å². The van der Waals surface area contributed by atoms with E-state index in [1.54, 1.807) is 11.0 Å². The van der Waals surface area contributed by atoms with Crippen molar-refractivity contribution in [2.45, 2.75) is 25.4 Å². The van der Waals surface area contributed by atoms with E-state index in [4.69, 9.17) is 13.9 Å². The van der Waals surface area contributed by atoms with E-state index >= 15 is 0 Å². The lowest BCUT2D eigenvalue weighted by atomic mass is 9.92. The summed E-state index contributed by atoms with van der Waals surface area (Å²) < 4.78 is 15.7. The van der Waals surface area contributed by atoms with Gasteiger partial charge < -0.3 is 18.8 Å². The summed E-state index contributed by atoms with van der Waals surface area (Å²) in [6.45, 7) is 3.28. The van der Waals surface area contributed by atoms with E-state index in [0.717, 1.165) is 16.7 Å². The van der Waals surface area contributed by atoms with Gasteiger partial charge in [-0.05, 0) is 31.2 Å². The van der Waals surface area contributed by atoms with Gasteiger partial charge in [-0.3, -0.25) is 4.79 Å². The number of hydrogen-bond donors (Lipinski definition) is 0. The highest BCUT2D eigenvalue weighted by Crippen LogP contribution is 2.32. The second-order valence-electron chi connectivity index (χ2n) is 6.23. The molecule has 2 fully saturated rings. The molecule has 6 nitrogen and oxygen atoms in total. The molecule has 120 valence electrons. The van der Waals surface area contributed by atoms with Gasteiger partial charge in [0.15, 0.2) is 5.60 Å². The molecule has 0 bridgehead atoms. The molecule has 0 radical (unpaired) electrons. The van der Waals surface area contributed by atoms with Crippen LogP contribution in [-0.2, 0) is 9.47 Å². The molecular weight excluding hydrogens is 298 g/mol. The first kappa shape index (κ1) is 14.1. The summed E-state index contributed by atoms with van der Waals surface area (Å²) >= 11 is 0. The molecule has 0 saturated carbocycles. The zero-order valence-electron chi connectivity index (χ0n) is 12.8. The van der Waals surface area contributed by atoms with Crippen LogP contribution < -0.4 is 0 Å². The summed E-state index contributed by atoms with van der Waals surface area (Å²) in [7, 11) is 0. The number of carbonyl (C=O) groups excluding carboxylic acids is 2. The van der Waals surface area contributed by atoms with Crippen molar-refractivity contribution < 1.29 is 23.5 Å². The lowest BCUT2D eigenvalue weighted by Crippen LogP contribution is -2.48. The molecule has 2 aromatic rings. The lowest BCUT2D eigenvalue weighted by Gasteiger charge is -2.36. The molecule has 1 aromatic heterocycles. The van der Waals surface area contributed by atoms with Gasteiger partial charge >= 0.3 is 6.16 Å². The fourth-order valence-electron chi connectivity index (χ4n) is 3.28. The van der Waals surface area contributed by atoms with Crippen molar-refractivity contribution in [2.75, 3.05) is 19.7 Å². The highest BCUT2D eigenvalue weighted by atomic mass is 16.8. The van der Waals surface area contributed by atoms with Gasteiger partial charge in [0, 0.05) is 36.9 Å². The predicted molar refractivity (Wildman–Crippen MR) is 81.3 cm³/mol. The molecule has 0 aliphatic carbocycles. The predicted octanol–water partition coefficient (Wildman–Crippen LogP) is 2.88.